The van der Waals surface area contributed by atoms with Crippen molar-refractivity contribution < 1.29 is 9.84 Å². The van der Waals surface area contributed by atoms with Crippen LogP contribution in [0, 0.1) is 6.92 Å². The molecule has 0 heterocycles. The molecule has 2 rings (SSSR count). The highest BCUT2D eigenvalue weighted by Crippen LogP contribution is 2.28. The number of phenolic OH excluding ortho intramolecular Hbond substituents is 1. The van der Waals surface area contributed by atoms with E-state index in [2.05, 4.69) is 4.99 Å². The SMILES string of the molecule is COC1CC1N=Cc1cccc(C)c1O. The van der Waals surface area contributed by atoms with Crippen LogP contribution in [0.2, 0.25) is 0 Å². The van der Waals surface area contributed by atoms with Crippen molar-refractivity contribution in [2.45, 2.75) is 25.5 Å². The Labute approximate surface area is 89.4 Å². The first-order chi connectivity index (χ1) is 7.22. The molecule has 15 heavy (non-hydrogen) atoms. The van der Waals surface area contributed by atoms with Gasteiger partial charge < -0.3 is 9.84 Å². The molecule has 0 amide bonds. The van der Waals surface area contributed by atoms with Gasteiger partial charge in [0.05, 0.1) is 12.1 Å². The third-order valence-electron chi connectivity index (χ3n) is 2.68. The summed E-state index contributed by atoms with van der Waals surface area (Å²) in [7, 11) is 1.70. The lowest BCUT2D eigenvalue weighted by atomic mass is 10.1. The molecule has 80 valence electrons. The molecule has 1 N–H and O–H groups in total. The highest BCUT2D eigenvalue weighted by atomic mass is 16.5. The average molecular weight is 205 g/mol. The van der Waals surface area contributed by atoms with E-state index in [1.165, 1.54) is 0 Å². The normalized spacial score (nSPS) is 24.7. The van der Waals surface area contributed by atoms with Crippen molar-refractivity contribution >= 4 is 6.21 Å². The van der Waals surface area contributed by atoms with Gasteiger partial charge in [-0.2, -0.15) is 0 Å². The van der Waals surface area contributed by atoms with E-state index in [-0.39, 0.29) is 12.1 Å². The monoisotopic (exact) mass is 205 g/mol. The third kappa shape index (κ3) is 2.18. The molecule has 0 aromatic heterocycles. The lowest BCUT2D eigenvalue weighted by Gasteiger charge is -2.01. The number of hydrogen-bond donors (Lipinski definition) is 1. The maximum Gasteiger partial charge on any atom is 0.127 e. The summed E-state index contributed by atoms with van der Waals surface area (Å²) in [5, 5.41) is 9.73. The number of aliphatic imine (C=N–C) groups is 1. The van der Waals surface area contributed by atoms with Crippen molar-refractivity contribution in [1.82, 2.24) is 0 Å². The van der Waals surface area contributed by atoms with Gasteiger partial charge in [0.2, 0.25) is 0 Å². The van der Waals surface area contributed by atoms with Gasteiger partial charge in [-0.15, -0.1) is 0 Å². The number of aryl methyl sites for hydroxylation is 1. The Kier molecular flexibility index (Phi) is 2.73. The van der Waals surface area contributed by atoms with Crippen LogP contribution in [0.25, 0.3) is 0 Å². The van der Waals surface area contributed by atoms with Crippen LogP contribution in [0.5, 0.6) is 5.75 Å². The Bertz CT molecular complexity index is 387. The third-order valence-corrected chi connectivity index (χ3v) is 2.68. The summed E-state index contributed by atoms with van der Waals surface area (Å²) in [5.41, 5.74) is 1.65. The molecule has 1 aliphatic rings. The van der Waals surface area contributed by atoms with E-state index >= 15 is 0 Å². The van der Waals surface area contributed by atoms with Crippen molar-refractivity contribution in [3.05, 3.63) is 29.3 Å². The van der Waals surface area contributed by atoms with Crippen molar-refractivity contribution in [2.24, 2.45) is 4.99 Å². The molecule has 0 saturated heterocycles. The van der Waals surface area contributed by atoms with Gasteiger partial charge in [-0.1, -0.05) is 12.1 Å². The number of ether oxygens (including phenoxy) is 1. The van der Waals surface area contributed by atoms with Gasteiger partial charge in [0, 0.05) is 25.3 Å². The molecule has 0 radical (unpaired) electrons. The van der Waals surface area contributed by atoms with Gasteiger partial charge in [-0.3, -0.25) is 4.99 Å². The minimum atomic E-state index is 0.271. The fourth-order valence-corrected chi connectivity index (χ4v) is 1.53. The number of benzene rings is 1. The lowest BCUT2D eigenvalue weighted by Crippen LogP contribution is -1.94. The largest absolute Gasteiger partial charge is 0.507 e. The zero-order valence-corrected chi connectivity index (χ0v) is 8.97. The van der Waals surface area contributed by atoms with E-state index in [9.17, 15) is 5.11 Å². The zero-order chi connectivity index (χ0) is 10.8. The summed E-state index contributed by atoms with van der Waals surface area (Å²) in [5.74, 6) is 0.316. The molecule has 2 unspecified atom stereocenters. The first kappa shape index (κ1) is 10.2. The second-order valence-corrected chi connectivity index (χ2v) is 3.87. The summed E-state index contributed by atoms with van der Waals surface area (Å²) < 4.78 is 5.14. The molecule has 0 aliphatic heterocycles. The van der Waals surface area contributed by atoms with E-state index in [4.69, 9.17) is 4.74 Å². The van der Waals surface area contributed by atoms with Gasteiger partial charge in [0.25, 0.3) is 0 Å². The van der Waals surface area contributed by atoms with Crippen LogP contribution in [0.3, 0.4) is 0 Å². The molecule has 1 saturated carbocycles. The van der Waals surface area contributed by atoms with Gasteiger partial charge in [-0.05, 0) is 18.6 Å². The van der Waals surface area contributed by atoms with E-state index in [1.807, 2.05) is 25.1 Å². The number of para-hydroxylation sites is 1. The van der Waals surface area contributed by atoms with Gasteiger partial charge in [-0.25, -0.2) is 0 Å². The molecule has 1 aliphatic carbocycles. The predicted molar refractivity (Wildman–Crippen MR) is 59.6 cm³/mol. The topological polar surface area (TPSA) is 41.8 Å². The van der Waals surface area contributed by atoms with E-state index in [0.29, 0.717) is 5.75 Å². The molecule has 0 bridgehead atoms. The van der Waals surface area contributed by atoms with Crippen LogP contribution in [0.4, 0.5) is 0 Å². The first-order valence-electron chi connectivity index (χ1n) is 5.07. The van der Waals surface area contributed by atoms with Gasteiger partial charge >= 0.3 is 0 Å². The molecule has 3 nitrogen and oxygen atoms in total. The summed E-state index contributed by atoms with van der Waals surface area (Å²) in [6, 6.07) is 5.92. The number of methoxy groups -OCH3 is 1. The molecular weight excluding hydrogens is 190 g/mol. The highest BCUT2D eigenvalue weighted by molar-refractivity contribution is 5.84. The Balaban J connectivity index is 2.08. The van der Waals surface area contributed by atoms with Crippen LogP contribution in [0.15, 0.2) is 23.2 Å². The van der Waals surface area contributed by atoms with E-state index < -0.39 is 0 Å². The summed E-state index contributed by atoms with van der Waals surface area (Å²) >= 11 is 0. The average Bonchev–Trinajstić information content (AvgIpc) is 2.99. The zero-order valence-electron chi connectivity index (χ0n) is 8.97. The smallest absolute Gasteiger partial charge is 0.127 e. The minimum Gasteiger partial charge on any atom is -0.507 e. The molecule has 2 atom stereocenters. The Morgan fingerprint density at radius 2 is 2.33 bits per heavy atom. The van der Waals surface area contributed by atoms with Crippen molar-refractivity contribution in [2.75, 3.05) is 7.11 Å². The Hall–Kier alpha value is -1.35. The van der Waals surface area contributed by atoms with Crippen LogP contribution < -0.4 is 0 Å². The molecule has 1 aromatic carbocycles. The first-order valence-corrected chi connectivity index (χ1v) is 5.07. The second-order valence-electron chi connectivity index (χ2n) is 3.87. The van der Waals surface area contributed by atoms with Gasteiger partial charge in [0.1, 0.15) is 5.75 Å². The van der Waals surface area contributed by atoms with Crippen LogP contribution >= 0.6 is 0 Å². The molecule has 3 heteroatoms. The molecule has 1 fully saturated rings. The standard InChI is InChI=1S/C12H15NO2/c1-8-4-3-5-9(12(8)14)7-13-10-6-11(10)15-2/h3-5,7,10-11,14H,6H2,1-2H3. The van der Waals surface area contributed by atoms with E-state index in [1.54, 1.807) is 13.3 Å². The summed E-state index contributed by atoms with van der Waals surface area (Å²) in [6.45, 7) is 1.88. The maximum atomic E-state index is 9.73. The second kappa shape index (κ2) is 4.03. The maximum absolute atomic E-state index is 9.73. The van der Waals surface area contributed by atoms with Crippen molar-refractivity contribution in [3.8, 4) is 5.75 Å². The molecule has 1 aromatic rings. The number of rotatable bonds is 3. The fraction of sp³-hybridized carbons (Fsp3) is 0.417. The van der Waals surface area contributed by atoms with Crippen LogP contribution in [-0.4, -0.2) is 30.6 Å². The number of aromatic hydroxyl groups is 1. The number of hydrogen-bond acceptors (Lipinski definition) is 3. The van der Waals surface area contributed by atoms with Crippen molar-refractivity contribution in [3.63, 3.8) is 0 Å². The van der Waals surface area contributed by atoms with Crippen molar-refractivity contribution in [1.29, 1.82) is 0 Å². The minimum absolute atomic E-state index is 0.271. The number of nitrogens with zero attached hydrogens (tertiary/aromatic N) is 1. The quantitative estimate of drug-likeness (QED) is 0.766. The Morgan fingerprint density at radius 3 is 3.00 bits per heavy atom. The summed E-state index contributed by atoms with van der Waals surface area (Å²) in [6.07, 6.45) is 2.99. The van der Waals surface area contributed by atoms with Crippen LogP contribution in [0.1, 0.15) is 17.5 Å². The molecular formula is C12H15NO2. The van der Waals surface area contributed by atoms with Gasteiger partial charge in [0.15, 0.2) is 0 Å². The lowest BCUT2D eigenvalue weighted by molar-refractivity contribution is 0.178. The summed E-state index contributed by atoms with van der Waals surface area (Å²) in [4.78, 5) is 4.35. The highest BCUT2D eigenvalue weighted by Gasteiger charge is 2.36. The Morgan fingerprint density at radius 1 is 1.53 bits per heavy atom. The number of phenols is 1. The van der Waals surface area contributed by atoms with E-state index in [0.717, 1.165) is 17.5 Å². The van der Waals surface area contributed by atoms with Crippen LogP contribution in [-0.2, 0) is 4.74 Å². The predicted octanol–water partition coefficient (Wildman–Crippen LogP) is 1.91. The fourth-order valence-electron chi connectivity index (χ4n) is 1.53. The molecule has 0 spiro atoms.